The van der Waals surface area contributed by atoms with Crippen LogP contribution < -0.4 is 15.4 Å². The number of carbonyl (C=O) groups is 1. The number of phenolic OH excluding ortho intramolecular Hbond substituents is 1. The molecule has 0 aromatic heterocycles. The molecule has 1 rings (SSSR count). The first kappa shape index (κ1) is 18.1. The van der Waals surface area contributed by atoms with Gasteiger partial charge in [-0.05, 0) is 45.9 Å². The molecule has 0 fully saturated rings. The Kier molecular flexibility index (Phi) is 6.49. The van der Waals surface area contributed by atoms with E-state index in [0.29, 0.717) is 18.8 Å². The Morgan fingerprint density at radius 3 is 2.64 bits per heavy atom. The van der Waals surface area contributed by atoms with E-state index in [0.717, 1.165) is 5.56 Å². The zero-order chi connectivity index (χ0) is 16.8. The summed E-state index contributed by atoms with van der Waals surface area (Å²) in [6.45, 7) is 8.37. The van der Waals surface area contributed by atoms with E-state index >= 15 is 0 Å². The monoisotopic (exact) mass is 310 g/mol. The van der Waals surface area contributed by atoms with E-state index in [-0.39, 0.29) is 11.8 Å². The normalized spacial score (nSPS) is 12.6. The summed E-state index contributed by atoms with van der Waals surface area (Å²) in [5, 5.41) is 15.7. The Balaban J connectivity index is 2.39. The van der Waals surface area contributed by atoms with Crippen molar-refractivity contribution in [1.29, 1.82) is 0 Å². The van der Waals surface area contributed by atoms with Gasteiger partial charge in [0, 0.05) is 24.7 Å². The predicted molar refractivity (Wildman–Crippen MR) is 85.2 cm³/mol. The van der Waals surface area contributed by atoms with Gasteiger partial charge in [-0.1, -0.05) is 0 Å². The highest BCUT2D eigenvalue weighted by atomic mass is 16.6. The van der Waals surface area contributed by atoms with Gasteiger partial charge in [-0.3, -0.25) is 0 Å². The van der Waals surface area contributed by atoms with Crippen LogP contribution in [0.2, 0.25) is 0 Å². The van der Waals surface area contributed by atoms with Gasteiger partial charge < -0.3 is 25.2 Å². The Labute approximate surface area is 131 Å². The van der Waals surface area contributed by atoms with Gasteiger partial charge in [-0.15, -0.1) is 0 Å². The lowest BCUT2D eigenvalue weighted by molar-refractivity contribution is 0.0508. The molecule has 1 unspecified atom stereocenters. The van der Waals surface area contributed by atoms with Crippen molar-refractivity contribution in [3.63, 3.8) is 0 Å². The van der Waals surface area contributed by atoms with Crippen molar-refractivity contribution in [2.75, 3.05) is 13.7 Å². The number of amides is 1. The maximum atomic E-state index is 11.6. The first-order chi connectivity index (χ1) is 10.2. The summed E-state index contributed by atoms with van der Waals surface area (Å²) in [6.07, 6.45) is -0.439. The highest BCUT2D eigenvalue weighted by molar-refractivity contribution is 5.68. The molecule has 124 valence electrons. The van der Waals surface area contributed by atoms with Crippen molar-refractivity contribution < 1.29 is 19.4 Å². The zero-order valence-corrected chi connectivity index (χ0v) is 13.9. The summed E-state index contributed by atoms with van der Waals surface area (Å²) in [6, 6.07) is 4.97. The molecule has 6 heteroatoms. The van der Waals surface area contributed by atoms with E-state index in [2.05, 4.69) is 10.6 Å². The van der Waals surface area contributed by atoms with Crippen LogP contribution in [0.25, 0.3) is 0 Å². The molecule has 0 radical (unpaired) electrons. The van der Waals surface area contributed by atoms with E-state index in [1.807, 2.05) is 27.7 Å². The number of carbonyl (C=O) groups excluding carboxylic acids is 1. The Bertz CT molecular complexity index is 497. The van der Waals surface area contributed by atoms with Crippen LogP contribution in [0.15, 0.2) is 18.2 Å². The summed E-state index contributed by atoms with van der Waals surface area (Å²) >= 11 is 0. The Morgan fingerprint density at radius 2 is 2.05 bits per heavy atom. The molecule has 3 N–H and O–H groups in total. The molecule has 1 aromatic carbocycles. The van der Waals surface area contributed by atoms with Gasteiger partial charge in [0.15, 0.2) is 0 Å². The average Bonchev–Trinajstić information content (AvgIpc) is 2.38. The summed E-state index contributed by atoms with van der Waals surface area (Å²) in [7, 11) is 1.58. The molecule has 1 atom stereocenters. The minimum Gasteiger partial charge on any atom is -0.508 e. The molecule has 0 aliphatic carbocycles. The van der Waals surface area contributed by atoms with Gasteiger partial charge in [-0.2, -0.15) is 0 Å². The molecular formula is C16H26N2O4. The molecule has 0 saturated carbocycles. The molecule has 22 heavy (non-hydrogen) atoms. The number of phenols is 1. The molecule has 0 aliphatic rings. The van der Waals surface area contributed by atoms with E-state index < -0.39 is 11.7 Å². The molecule has 1 aromatic rings. The summed E-state index contributed by atoms with van der Waals surface area (Å²) in [4.78, 5) is 11.6. The third-order valence-corrected chi connectivity index (χ3v) is 2.82. The predicted octanol–water partition coefficient (Wildman–Crippen LogP) is 2.40. The van der Waals surface area contributed by atoms with E-state index in [4.69, 9.17) is 9.47 Å². The van der Waals surface area contributed by atoms with Crippen LogP contribution in [0.1, 0.15) is 33.3 Å². The first-order valence-corrected chi connectivity index (χ1v) is 7.27. The standard InChI is InChI=1S/C16H26N2O4/c1-11(18-15(20)22-16(2,3)4)9-17-10-12-8-13(21-5)6-7-14(12)19/h6-8,11,17,19H,9-10H2,1-5H3,(H,18,20). The molecular weight excluding hydrogens is 284 g/mol. The van der Waals surface area contributed by atoms with Gasteiger partial charge in [0.25, 0.3) is 0 Å². The molecule has 0 heterocycles. The highest BCUT2D eigenvalue weighted by Gasteiger charge is 2.17. The molecule has 1 amide bonds. The Hall–Kier alpha value is -1.95. The number of alkyl carbamates (subject to hydrolysis) is 1. The largest absolute Gasteiger partial charge is 0.508 e. The van der Waals surface area contributed by atoms with Crippen molar-refractivity contribution in [2.45, 2.75) is 45.9 Å². The number of hydrogen-bond acceptors (Lipinski definition) is 5. The van der Waals surface area contributed by atoms with Gasteiger partial charge in [-0.25, -0.2) is 4.79 Å². The Morgan fingerprint density at radius 1 is 1.36 bits per heavy atom. The lowest BCUT2D eigenvalue weighted by Crippen LogP contribution is -2.42. The van der Waals surface area contributed by atoms with Crippen LogP contribution >= 0.6 is 0 Å². The molecule has 0 bridgehead atoms. The van der Waals surface area contributed by atoms with Gasteiger partial charge >= 0.3 is 6.09 Å². The third kappa shape index (κ3) is 6.67. The minimum atomic E-state index is -0.510. The minimum absolute atomic E-state index is 0.0948. The van der Waals surface area contributed by atoms with Gasteiger partial charge in [0.1, 0.15) is 17.1 Å². The molecule has 0 saturated heterocycles. The third-order valence-electron chi connectivity index (χ3n) is 2.82. The lowest BCUT2D eigenvalue weighted by atomic mass is 10.2. The van der Waals surface area contributed by atoms with E-state index in [1.54, 1.807) is 25.3 Å². The maximum absolute atomic E-state index is 11.6. The SMILES string of the molecule is COc1ccc(O)c(CNCC(C)NC(=O)OC(C)(C)C)c1. The van der Waals surface area contributed by atoms with Crippen LogP contribution in [0.3, 0.4) is 0 Å². The van der Waals surface area contributed by atoms with E-state index in [9.17, 15) is 9.90 Å². The second-order valence-electron chi connectivity index (χ2n) is 6.17. The number of rotatable bonds is 6. The number of aromatic hydroxyl groups is 1. The van der Waals surface area contributed by atoms with Crippen LogP contribution in [0.5, 0.6) is 11.5 Å². The van der Waals surface area contributed by atoms with Gasteiger partial charge in [0.2, 0.25) is 0 Å². The molecule has 0 aliphatic heterocycles. The second-order valence-corrected chi connectivity index (χ2v) is 6.17. The highest BCUT2D eigenvalue weighted by Crippen LogP contribution is 2.22. The van der Waals surface area contributed by atoms with Gasteiger partial charge in [0.05, 0.1) is 7.11 Å². The first-order valence-electron chi connectivity index (χ1n) is 7.27. The number of nitrogens with one attached hydrogen (secondary N) is 2. The van der Waals surface area contributed by atoms with Crippen LogP contribution in [0.4, 0.5) is 4.79 Å². The van der Waals surface area contributed by atoms with Crippen LogP contribution in [0, 0.1) is 0 Å². The summed E-state index contributed by atoms with van der Waals surface area (Å²) < 4.78 is 10.3. The van der Waals surface area contributed by atoms with Crippen LogP contribution in [-0.2, 0) is 11.3 Å². The van der Waals surface area contributed by atoms with Crippen molar-refractivity contribution in [2.24, 2.45) is 0 Å². The summed E-state index contributed by atoms with van der Waals surface area (Å²) in [5.41, 5.74) is 0.229. The fourth-order valence-corrected chi connectivity index (χ4v) is 1.81. The molecule has 0 spiro atoms. The number of benzene rings is 1. The molecule has 6 nitrogen and oxygen atoms in total. The van der Waals surface area contributed by atoms with Crippen molar-refractivity contribution >= 4 is 6.09 Å². The lowest BCUT2D eigenvalue weighted by Gasteiger charge is -2.22. The zero-order valence-electron chi connectivity index (χ0n) is 13.9. The fraction of sp³-hybridized carbons (Fsp3) is 0.562. The maximum Gasteiger partial charge on any atom is 0.407 e. The number of methoxy groups -OCH3 is 1. The summed E-state index contributed by atoms with van der Waals surface area (Å²) in [5.74, 6) is 0.899. The van der Waals surface area contributed by atoms with E-state index in [1.165, 1.54) is 0 Å². The van der Waals surface area contributed by atoms with Crippen LogP contribution in [-0.4, -0.2) is 36.5 Å². The van der Waals surface area contributed by atoms with Crippen molar-refractivity contribution in [3.8, 4) is 11.5 Å². The number of ether oxygens (including phenoxy) is 2. The average molecular weight is 310 g/mol. The van der Waals surface area contributed by atoms with Crippen molar-refractivity contribution in [1.82, 2.24) is 10.6 Å². The van der Waals surface area contributed by atoms with Crippen molar-refractivity contribution in [3.05, 3.63) is 23.8 Å². The topological polar surface area (TPSA) is 79.8 Å². The fourth-order valence-electron chi connectivity index (χ4n) is 1.81. The second kappa shape index (κ2) is 7.89. The quantitative estimate of drug-likeness (QED) is 0.752. The number of hydrogen-bond donors (Lipinski definition) is 3. The smallest absolute Gasteiger partial charge is 0.407 e.